The lowest BCUT2D eigenvalue weighted by atomic mass is 9.87. The van der Waals surface area contributed by atoms with Crippen LogP contribution in [0.3, 0.4) is 0 Å². The highest BCUT2D eigenvalue weighted by Crippen LogP contribution is 2.44. The second-order valence-electron chi connectivity index (χ2n) is 11.3. The van der Waals surface area contributed by atoms with Gasteiger partial charge in [0.1, 0.15) is 24.1 Å². The van der Waals surface area contributed by atoms with E-state index in [1.54, 1.807) is 18.1 Å². The van der Waals surface area contributed by atoms with Gasteiger partial charge in [-0.15, -0.1) is 0 Å². The van der Waals surface area contributed by atoms with Gasteiger partial charge in [-0.05, 0) is 49.1 Å². The van der Waals surface area contributed by atoms with Crippen LogP contribution in [0.15, 0.2) is 36.9 Å². The van der Waals surface area contributed by atoms with Crippen LogP contribution in [0.2, 0.25) is 0 Å². The highest BCUT2D eigenvalue weighted by Gasteiger charge is 2.56. The van der Waals surface area contributed by atoms with Crippen molar-refractivity contribution in [1.82, 2.24) is 24.8 Å². The molecule has 0 saturated carbocycles. The predicted octanol–water partition coefficient (Wildman–Crippen LogP) is 4.07. The number of carbonyl (C=O) groups is 1. The van der Waals surface area contributed by atoms with Gasteiger partial charge in [-0.2, -0.15) is 11.8 Å². The number of ether oxygens (including phenoxy) is 3. The van der Waals surface area contributed by atoms with Crippen LogP contribution < -0.4 is 16.4 Å². The van der Waals surface area contributed by atoms with Gasteiger partial charge in [0.15, 0.2) is 23.5 Å². The number of nitrogens with one attached hydrogen (secondary N) is 2. The first-order chi connectivity index (χ1) is 18.5. The monoisotopic (exact) mass is 555 g/mol. The minimum Gasteiger partial charge on any atom is -0.382 e. The number of hydrogen-bond donors (Lipinski definition) is 3. The lowest BCUT2D eigenvalue weighted by molar-refractivity contribution is -0.193. The summed E-state index contributed by atoms with van der Waals surface area (Å²) < 4.78 is 20.7. The van der Waals surface area contributed by atoms with E-state index in [1.807, 2.05) is 42.7 Å². The molecule has 3 aromatic rings. The van der Waals surface area contributed by atoms with Crippen molar-refractivity contribution in [3.8, 4) is 0 Å². The number of amides is 2. The van der Waals surface area contributed by atoms with Crippen molar-refractivity contribution in [1.29, 1.82) is 0 Å². The smallest absolute Gasteiger partial charge is 0.319 e. The summed E-state index contributed by atoms with van der Waals surface area (Å²) in [6.07, 6.45) is 2.78. The molecule has 2 aliphatic heterocycles. The Hall–Kier alpha value is -2.93. The average Bonchev–Trinajstić information content (AvgIpc) is 3.53. The second kappa shape index (κ2) is 10.9. The van der Waals surface area contributed by atoms with Gasteiger partial charge in [0.05, 0.1) is 12.4 Å². The Kier molecular flexibility index (Phi) is 7.73. The van der Waals surface area contributed by atoms with E-state index in [0.717, 1.165) is 23.6 Å². The molecule has 4 atom stereocenters. The van der Waals surface area contributed by atoms with Crippen molar-refractivity contribution in [3.05, 3.63) is 42.5 Å². The number of urea groups is 1. The SMILES string of the molecule is CC1(C)O[C@@H]2[C@@H](O1)[C@@H](CSCCCNC(=O)Nc1ccc(C(C)(C)C)cc1)O[C@H]2n1cnc2c(N)ncnc21. The van der Waals surface area contributed by atoms with Crippen LogP contribution in [0, 0.1) is 0 Å². The summed E-state index contributed by atoms with van der Waals surface area (Å²) in [6.45, 7) is 10.9. The maximum absolute atomic E-state index is 12.3. The third-order valence-electron chi connectivity index (χ3n) is 6.83. The molecule has 2 aliphatic rings. The number of anilines is 2. The Bertz CT molecular complexity index is 1310. The molecule has 0 aliphatic carbocycles. The summed E-state index contributed by atoms with van der Waals surface area (Å²) in [4.78, 5) is 25.0. The molecule has 0 bridgehead atoms. The number of imidazole rings is 1. The highest BCUT2D eigenvalue weighted by molar-refractivity contribution is 7.99. The van der Waals surface area contributed by atoms with Crippen LogP contribution in [-0.2, 0) is 19.6 Å². The van der Waals surface area contributed by atoms with Gasteiger partial charge < -0.3 is 30.6 Å². The first-order valence-corrected chi connectivity index (χ1v) is 14.3. The molecule has 39 heavy (non-hydrogen) atoms. The number of aromatic nitrogens is 4. The highest BCUT2D eigenvalue weighted by atomic mass is 32.2. The molecule has 2 fully saturated rings. The summed E-state index contributed by atoms with van der Waals surface area (Å²) >= 11 is 1.76. The van der Waals surface area contributed by atoms with Crippen molar-refractivity contribution in [2.75, 3.05) is 29.1 Å². The summed E-state index contributed by atoms with van der Waals surface area (Å²) in [5.41, 5.74) is 9.19. The minimum atomic E-state index is -0.713. The van der Waals surface area contributed by atoms with Gasteiger partial charge in [-0.25, -0.2) is 19.7 Å². The fourth-order valence-electron chi connectivity index (χ4n) is 4.88. The number of thioether (sulfide) groups is 1. The number of fused-ring (bicyclic) bond motifs is 2. The maximum Gasteiger partial charge on any atom is 0.319 e. The molecule has 2 amide bonds. The van der Waals surface area contributed by atoms with Crippen LogP contribution in [0.1, 0.15) is 52.8 Å². The Morgan fingerprint density at radius 2 is 1.87 bits per heavy atom. The summed E-state index contributed by atoms with van der Waals surface area (Å²) in [7, 11) is 0. The zero-order valence-corrected chi connectivity index (χ0v) is 23.8. The molecule has 2 saturated heterocycles. The standard InChI is InChI=1S/C27H37N7O4S/c1-26(2,3)16-7-9-17(10-8-16)33-25(35)29-11-6-12-39-13-18-20-21(38-27(4,5)37-20)24(36-18)34-15-32-19-22(28)30-14-31-23(19)34/h7-10,14-15,18,20-21,24H,6,11-13H2,1-5H3,(H2,28,30,31)(H2,29,33,35)/t18-,20+,21-,24-/m1/s1. The molecule has 0 unspecified atom stereocenters. The zero-order valence-electron chi connectivity index (χ0n) is 23.0. The van der Waals surface area contributed by atoms with Gasteiger partial charge in [0.2, 0.25) is 0 Å². The largest absolute Gasteiger partial charge is 0.382 e. The van der Waals surface area contributed by atoms with Crippen molar-refractivity contribution in [2.45, 2.75) is 76.8 Å². The van der Waals surface area contributed by atoms with Gasteiger partial charge in [-0.1, -0.05) is 32.9 Å². The van der Waals surface area contributed by atoms with Crippen LogP contribution >= 0.6 is 11.8 Å². The van der Waals surface area contributed by atoms with Crippen molar-refractivity contribution in [3.63, 3.8) is 0 Å². The normalized spacial score (nSPS) is 24.1. The first kappa shape index (κ1) is 27.6. The Morgan fingerprint density at radius 3 is 2.62 bits per heavy atom. The second-order valence-corrected chi connectivity index (χ2v) is 12.5. The van der Waals surface area contributed by atoms with Gasteiger partial charge in [-0.3, -0.25) is 4.57 Å². The fraction of sp³-hybridized carbons (Fsp3) is 0.556. The molecule has 12 heteroatoms. The third kappa shape index (κ3) is 6.13. The number of benzene rings is 1. The molecule has 1 aromatic carbocycles. The molecule has 4 N–H and O–H groups in total. The Labute approximate surface area is 232 Å². The molecule has 0 spiro atoms. The van der Waals surface area contributed by atoms with E-state index in [1.165, 1.54) is 11.9 Å². The van der Waals surface area contributed by atoms with Gasteiger partial charge >= 0.3 is 6.03 Å². The molecule has 2 aromatic heterocycles. The van der Waals surface area contributed by atoms with Crippen molar-refractivity contribution >= 4 is 40.5 Å². The summed E-state index contributed by atoms with van der Waals surface area (Å²) in [5.74, 6) is 1.21. The molecular weight excluding hydrogens is 518 g/mol. The maximum atomic E-state index is 12.3. The van der Waals surface area contributed by atoms with Crippen LogP contribution in [0.4, 0.5) is 16.3 Å². The number of nitrogen functional groups attached to an aromatic ring is 1. The number of nitrogens with zero attached hydrogens (tertiary/aromatic N) is 4. The quantitative estimate of drug-likeness (QED) is 0.351. The number of hydrogen-bond acceptors (Lipinski definition) is 9. The van der Waals surface area contributed by atoms with Gasteiger partial charge in [0.25, 0.3) is 0 Å². The number of carbonyl (C=O) groups excluding carboxylic acids is 1. The van der Waals surface area contributed by atoms with E-state index in [9.17, 15) is 4.79 Å². The summed E-state index contributed by atoms with van der Waals surface area (Å²) in [6, 6.07) is 7.76. The molecule has 11 nitrogen and oxygen atoms in total. The van der Waals surface area contributed by atoms with E-state index >= 15 is 0 Å². The van der Waals surface area contributed by atoms with Crippen molar-refractivity contribution < 1.29 is 19.0 Å². The topological polar surface area (TPSA) is 138 Å². The molecule has 0 radical (unpaired) electrons. The van der Waals surface area contributed by atoms with Crippen LogP contribution in [-0.4, -0.2) is 67.7 Å². The van der Waals surface area contributed by atoms with E-state index in [-0.39, 0.29) is 29.8 Å². The van der Waals surface area contributed by atoms with E-state index in [0.29, 0.717) is 23.5 Å². The number of rotatable bonds is 8. The number of nitrogens with two attached hydrogens (primary N) is 1. The van der Waals surface area contributed by atoms with Crippen molar-refractivity contribution in [2.24, 2.45) is 0 Å². The predicted molar refractivity (Wildman–Crippen MR) is 152 cm³/mol. The minimum absolute atomic E-state index is 0.0776. The molecule has 5 rings (SSSR count). The third-order valence-corrected chi connectivity index (χ3v) is 7.97. The van der Waals surface area contributed by atoms with Gasteiger partial charge in [0, 0.05) is 18.0 Å². The Morgan fingerprint density at radius 1 is 1.13 bits per heavy atom. The summed E-state index contributed by atoms with van der Waals surface area (Å²) in [5, 5.41) is 5.82. The van der Waals surface area contributed by atoms with Crippen LogP contribution in [0.5, 0.6) is 0 Å². The zero-order chi connectivity index (χ0) is 27.8. The van der Waals surface area contributed by atoms with E-state index < -0.39 is 12.0 Å². The first-order valence-electron chi connectivity index (χ1n) is 13.2. The molecular formula is C27H37N7O4S. The fourth-order valence-corrected chi connectivity index (χ4v) is 5.89. The van der Waals surface area contributed by atoms with E-state index in [4.69, 9.17) is 19.9 Å². The lowest BCUT2D eigenvalue weighted by Gasteiger charge is -2.24. The van der Waals surface area contributed by atoms with Crippen LogP contribution in [0.25, 0.3) is 11.2 Å². The molecule has 210 valence electrons. The van der Waals surface area contributed by atoms with E-state index in [2.05, 4.69) is 46.4 Å². The molecule has 4 heterocycles. The average molecular weight is 556 g/mol. The lowest BCUT2D eigenvalue weighted by Crippen LogP contribution is -2.31. The Balaban J connectivity index is 1.09.